The summed E-state index contributed by atoms with van der Waals surface area (Å²) >= 11 is 0. The summed E-state index contributed by atoms with van der Waals surface area (Å²) in [5.74, 6) is 0.636. The van der Waals surface area contributed by atoms with Crippen molar-refractivity contribution in [2.75, 3.05) is 0 Å². The summed E-state index contributed by atoms with van der Waals surface area (Å²) in [5, 5.41) is 0. The molecule has 5 aromatic rings. The largest absolute Gasteiger partial charge is 0.289 e. The minimum Gasteiger partial charge on any atom is -0.289 e. The number of benzene rings is 5. The van der Waals surface area contributed by atoms with Crippen LogP contribution in [-0.4, -0.2) is 5.78 Å². The highest BCUT2D eigenvalue weighted by atomic mass is 16.1. The van der Waals surface area contributed by atoms with Gasteiger partial charge in [-0.15, -0.1) is 0 Å². The summed E-state index contributed by atoms with van der Waals surface area (Å²) in [5.41, 5.74) is 17.7. The van der Waals surface area contributed by atoms with E-state index in [4.69, 9.17) is 0 Å². The van der Waals surface area contributed by atoms with E-state index in [0.717, 1.165) is 45.4 Å². The second-order valence-electron chi connectivity index (χ2n) is 15.7. The zero-order valence-corrected chi connectivity index (χ0v) is 28.2. The number of hydrogen-bond acceptors (Lipinski definition) is 1. The highest BCUT2D eigenvalue weighted by Crippen LogP contribution is 2.54. The zero-order valence-electron chi connectivity index (χ0n) is 28.2. The molecular formula is C46H40O. The molecule has 1 heteroatoms. The predicted molar refractivity (Wildman–Crippen MR) is 195 cm³/mol. The molecule has 0 fully saturated rings. The van der Waals surface area contributed by atoms with E-state index in [0.29, 0.717) is 5.92 Å². The second-order valence-corrected chi connectivity index (χ2v) is 15.7. The van der Waals surface area contributed by atoms with Crippen LogP contribution in [0.1, 0.15) is 97.3 Å². The first-order chi connectivity index (χ1) is 22.5. The Hall–Kier alpha value is -4.75. The quantitative estimate of drug-likeness (QED) is 0.195. The molecule has 0 aromatic heterocycles. The molecule has 1 atom stereocenters. The topological polar surface area (TPSA) is 17.1 Å². The molecule has 5 aromatic carbocycles. The van der Waals surface area contributed by atoms with Gasteiger partial charge in [0.15, 0.2) is 5.78 Å². The van der Waals surface area contributed by atoms with Gasteiger partial charge in [0.1, 0.15) is 0 Å². The summed E-state index contributed by atoms with van der Waals surface area (Å²) in [6.45, 7) is 13.9. The van der Waals surface area contributed by atoms with Crippen LogP contribution in [0.25, 0.3) is 39.0 Å². The maximum atomic E-state index is 14.4. The molecule has 0 radical (unpaired) electrons. The zero-order chi connectivity index (χ0) is 32.5. The van der Waals surface area contributed by atoms with Gasteiger partial charge in [-0.05, 0) is 114 Å². The van der Waals surface area contributed by atoms with Crippen molar-refractivity contribution in [3.8, 4) is 33.4 Å². The fourth-order valence-corrected chi connectivity index (χ4v) is 9.37. The molecule has 0 saturated heterocycles. The lowest BCUT2D eigenvalue weighted by molar-refractivity contribution is 0.103. The Morgan fingerprint density at radius 2 is 1.02 bits per heavy atom. The van der Waals surface area contributed by atoms with Crippen molar-refractivity contribution in [2.45, 2.75) is 64.2 Å². The smallest absolute Gasteiger partial charge is 0.193 e. The van der Waals surface area contributed by atoms with Crippen molar-refractivity contribution >= 4 is 11.4 Å². The Bertz CT molecular complexity index is 2270. The number of ketones is 1. The highest BCUT2D eigenvalue weighted by Gasteiger charge is 2.43. The lowest BCUT2D eigenvalue weighted by Crippen LogP contribution is -2.30. The number of carbonyl (C=O) groups excluding carboxylic acids is 1. The van der Waals surface area contributed by atoms with Crippen LogP contribution in [0, 0.1) is 5.92 Å². The van der Waals surface area contributed by atoms with Gasteiger partial charge in [-0.2, -0.15) is 0 Å². The lowest BCUT2D eigenvalue weighted by atomic mass is 9.67. The third kappa shape index (κ3) is 3.80. The molecule has 230 valence electrons. The third-order valence-corrected chi connectivity index (χ3v) is 12.2. The van der Waals surface area contributed by atoms with Crippen LogP contribution in [0.15, 0.2) is 115 Å². The van der Waals surface area contributed by atoms with Gasteiger partial charge in [-0.25, -0.2) is 0 Å². The molecule has 1 nitrogen and oxygen atoms in total. The summed E-state index contributed by atoms with van der Waals surface area (Å²) in [6.07, 6.45) is 7.89. The number of fused-ring (bicyclic) bond motifs is 8. The molecule has 1 unspecified atom stereocenters. The first-order valence-corrected chi connectivity index (χ1v) is 17.1. The average molecular weight is 609 g/mol. The normalized spacial score (nSPS) is 20.0. The molecule has 4 aliphatic rings. The van der Waals surface area contributed by atoms with Crippen LogP contribution in [0.4, 0.5) is 0 Å². The van der Waals surface area contributed by atoms with Gasteiger partial charge in [0, 0.05) is 22.0 Å². The maximum Gasteiger partial charge on any atom is 0.193 e. The Balaban J connectivity index is 1.11. The minimum absolute atomic E-state index is 0.0675. The summed E-state index contributed by atoms with van der Waals surface area (Å²) in [7, 11) is 0. The van der Waals surface area contributed by atoms with E-state index in [1.165, 1.54) is 44.5 Å². The van der Waals surface area contributed by atoms with E-state index < -0.39 is 0 Å². The first-order valence-electron chi connectivity index (χ1n) is 17.1. The third-order valence-electron chi connectivity index (χ3n) is 12.2. The van der Waals surface area contributed by atoms with Crippen LogP contribution >= 0.6 is 0 Å². The van der Waals surface area contributed by atoms with Crippen molar-refractivity contribution in [2.24, 2.45) is 5.92 Å². The Kier molecular flexibility index (Phi) is 5.70. The van der Waals surface area contributed by atoms with Crippen LogP contribution < -0.4 is 0 Å². The van der Waals surface area contributed by atoms with Gasteiger partial charge in [0.2, 0.25) is 0 Å². The van der Waals surface area contributed by atoms with E-state index >= 15 is 0 Å². The van der Waals surface area contributed by atoms with Gasteiger partial charge in [0.25, 0.3) is 0 Å². The molecular weight excluding hydrogens is 569 g/mol. The molecule has 0 saturated carbocycles. The van der Waals surface area contributed by atoms with E-state index in [1.807, 2.05) is 0 Å². The average Bonchev–Trinajstić information content (AvgIpc) is 3.46. The van der Waals surface area contributed by atoms with Crippen molar-refractivity contribution in [3.05, 3.63) is 160 Å². The van der Waals surface area contributed by atoms with Gasteiger partial charge >= 0.3 is 0 Å². The molecule has 0 spiro atoms. The predicted octanol–water partition coefficient (Wildman–Crippen LogP) is 11.4. The van der Waals surface area contributed by atoms with E-state index in [-0.39, 0.29) is 22.0 Å². The van der Waals surface area contributed by atoms with Crippen molar-refractivity contribution in [3.63, 3.8) is 0 Å². The SMILES string of the molecule is CC1(C)c2ccc(-c3ccc4c(c3)C(C)(C)c3ccccc3-4)cc2C(=O)c2cc(-c3ccc4c(c3)C(C)(C)C3CC=CC=C43)ccc21. The molecule has 9 rings (SSSR count). The molecule has 4 aliphatic carbocycles. The summed E-state index contributed by atoms with van der Waals surface area (Å²) in [6, 6.07) is 35.6. The van der Waals surface area contributed by atoms with E-state index in [2.05, 4.69) is 157 Å². The molecule has 0 amide bonds. The molecule has 47 heavy (non-hydrogen) atoms. The van der Waals surface area contributed by atoms with Crippen LogP contribution in [0.3, 0.4) is 0 Å². The van der Waals surface area contributed by atoms with Crippen LogP contribution in [0.5, 0.6) is 0 Å². The van der Waals surface area contributed by atoms with Gasteiger partial charge < -0.3 is 0 Å². The maximum absolute atomic E-state index is 14.4. The van der Waals surface area contributed by atoms with Crippen molar-refractivity contribution < 1.29 is 4.79 Å². The molecule has 0 aliphatic heterocycles. The summed E-state index contributed by atoms with van der Waals surface area (Å²) < 4.78 is 0. The minimum atomic E-state index is -0.285. The molecule has 0 N–H and O–H groups in total. The molecule has 0 bridgehead atoms. The standard InChI is InChI=1S/C46H40O/c1-44(2)39-21-17-27(29-15-19-33-31-11-7-9-13-37(31)45(3,4)41(33)25-29)23-35(39)43(47)36-24-28(18-22-40(36)44)30-16-20-34-32-12-8-10-14-38(32)46(5,6)42(34)26-30/h7-13,15-26,38H,14H2,1-6H3. The Morgan fingerprint density at radius 1 is 0.511 bits per heavy atom. The number of allylic oxidation sites excluding steroid dienone is 4. The van der Waals surface area contributed by atoms with E-state index in [1.54, 1.807) is 0 Å². The highest BCUT2D eigenvalue weighted by molar-refractivity contribution is 6.14. The fraction of sp³-hybridized carbons (Fsp3) is 0.239. The monoisotopic (exact) mass is 608 g/mol. The van der Waals surface area contributed by atoms with Crippen molar-refractivity contribution in [1.82, 2.24) is 0 Å². The Morgan fingerprint density at radius 3 is 1.70 bits per heavy atom. The first kappa shape index (κ1) is 28.5. The van der Waals surface area contributed by atoms with Gasteiger partial charge in [-0.1, -0.05) is 133 Å². The summed E-state index contributed by atoms with van der Waals surface area (Å²) in [4.78, 5) is 14.4. The van der Waals surface area contributed by atoms with Crippen LogP contribution in [-0.2, 0) is 16.2 Å². The lowest BCUT2D eigenvalue weighted by Gasteiger charge is -2.35. The van der Waals surface area contributed by atoms with Crippen LogP contribution in [0.2, 0.25) is 0 Å². The number of rotatable bonds is 2. The van der Waals surface area contributed by atoms with Gasteiger partial charge in [0.05, 0.1) is 0 Å². The van der Waals surface area contributed by atoms with Crippen molar-refractivity contribution in [1.29, 1.82) is 0 Å². The fourth-order valence-electron chi connectivity index (χ4n) is 9.37. The van der Waals surface area contributed by atoms with E-state index in [9.17, 15) is 4.79 Å². The second kappa shape index (κ2) is 9.41. The Labute approximate surface area is 278 Å². The molecule has 0 heterocycles. The number of carbonyl (C=O) groups is 1. The van der Waals surface area contributed by atoms with Gasteiger partial charge in [-0.3, -0.25) is 4.79 Å². The number of hydrogen-bond donors (Lipinski definition) is 0.